The van der Waals surface area contributed by atoms with Crippen molar-refractivity contribution in [3.63, 3.8) is 0 Å². The molecule has 0 spiro atoms. The quantitative estimate of drug-likeness (QED) is 0.0364. The van der Waals surface area contributed by atoms with Gasteiger partial charge in [0, 0.05) is 25.7 Å². The molecular formula is C25H49BN7O5+. The molecule has 12 nitrogen and oxygen atoms in total. The Bertz CT molecular complexity index is 799. The summed E-state index contributed by atoms with van der Waals surface area (Å²) in [5.41, 5.74) is 13.6. The first-order chi connectivity index (χ1) is 18.0. The number of carbonyl (C=O) groups excluding carboxylic acids is 2. The minimum Gasteiger partial charge on any atom is -0.410 e. The lowest BCUT2D eigenvalue weighted by molar-refractivity contribution is -0.461. The Labute approximate surface area is 227 Å². The van der Waals surface area contributed by atoms with E-state index in [4.69, 9.17) is 20.8 Å². The van der Waals surface area contributed by atoms with Gasteiger partial charge in [0.1, 0.15) is 11.3 Å². The Morgan fingerprint density at radius 1 is 1.18 bits per heavy atom. The number of nitrogens with zero attached hydrogens (tertiary/aromatic N) is 1. The predicted molar refractivity (Wildman–Crippen MR) is 147 cm³/mol. The van der Waals surface area contributed by atoms with Gasteiger partial charge >= 0.3 is 13.1 Å². The molecule has 0 saturated heterocycles. The molecule has 0 aromatic carbocycles. The van der Waals surface area contributed by atoms with Gasteiger partial charge in [0.2, 0.25) is 11.8 Å². The van der Waals surface area contributed by atoms with Gasteiger partial charge < -0.3 is 25.7 Å². The molecule has 216 valence electrons. The molecule has 0 aliphatic heterocycles. The molecule has 1 unspecified atom stereocenters. The molecule has 3 aliphatic rings. The number of guanidine groups is 1. The SMILES string of the molecule is CCOB(OC1C[C@@H]2C[C@H](C1)C2(C)C)[C@H](CC(C)C)NC(=O)[C@H](CCC[NH+]=C(N)NN=O)NC(=O)CCN. The Balaban J connectivity index is 2.09. The zero-order valence-electron chi connectivity index (χ0n) is 23.8. The molecule has 13 heteroatoms. The van der Waals surface area contributed by atoms with Gasteiger partial charge in [-0.1, -0.05) is 27.7 Å². The van der Waals surface area contributed by atoms with Crippen molar-refractivity contribution in [3.05, 3.63) is 4.91 Å². The molecule has 3 saturated carbocycles. The standard InChI is InChI=1S/C25H48BN7O5/c1-6-37-26(38-19-14-17-13-18(15-19)25(17,4)5)21(12-16(2)3)31-23(35)20(30-22(34)9-10-27)8-7-11-29-24(28)32-33-36/h16-21H,6-15,27H2,1-5H3,(H,30,34)(H,31,35)(H3,28,29,32,36)/p+1/t17-,18+,19?,20-,21-/m0/s1. The van der Waals surface area contributed by atoms with Crippen LogP contribution in [0.15, 0.2) is 5.29 Å². The summed E-state index contributed by atoms with van der Waals surface area (Å²) in [7, 11) is -0.574. The fourth-order valence-corrected chi connectivity index (χ4v) is 5.68. The molecule has 0 radical (unpaired) electrons. The smallest absolute Gasteiger partial charge is 0.410 e. The van der Waals surface area contributed by atoms with Crippen LogP contribution in [0.1, 0.15) is 79.6 Å². The Morgan fingerprint density at radius 2 is 1.87 bits per heavy atom. The van der Waals surface area contributed by atoms with Crippen LogP contribution in [0, 0.1) is 28.1 Å². The van der Waals surface area contributed by atoms with Crippen molar-refractivity contribution in [2.24, 2.45) is 39.9 Å². The summed E-state index contributed by atoms with van der Waals surface area (Å²) in [5.74, 6) is 0.667. The number of nitrogens with two attached hydrogens (primary N) is 2. The second-order valence-corrected chi connectivity index (χ2v) is 11.6. The molecule has 0 aromatic heterocycles. The molecule has 3 aliphatic carbocycles. The van der Waals surface area contributed by atoms with E-state index in [0.29, 0.717) is 49.7 Å². The van der Waals surface area contributed by atoms with Crippen LogP contribution in [-0.4, -0.2) is 62.7 Å². The topological polar surface area (TPSA) is 184 Å². The van der Waals surface area contributed by atoms with Crippen LogP contribution in [0.5, 0.6) is 0 Å². The van der Waals surface area contributed by atoms with Crippen molar-refractivity contribution in [3.8, 4) is 0 Å². The maximum Gasteiger partial charge on any atom is 0.481 e. The average molecular weight is 539 g/mol. The summed E-state index contributed by atoms with van der Waals surface area (Å²) in [6, 6.07) is -0.769. The Kier molecular flexibility index (Phi) is 12.9. The van der Waals surface area contributed by atoms with Gasteiger partial charge in [-0.25, -0.2) is 0 Å². The van der Waals surface area contributed by atoms with E-state index >= 15 is 0 Å². The van der Waals surface area contributed by atoms with Gasteiger partial charge in [-0.3, -0.25) is 20.3 Å². The van der Waals surface area contributed by atoms with Gasteiger partial charge in [0.15, 0.2) is 0 Å². The van der Waals surface area contributed by atoms with Gasteiger partial charge in [0.05, 0.1) is 12.5 Å². The minimum absolute atomic E-state index is 0.0191. The first-order valence-electron chi connectivity index (χ1n) is 14.0. The third-order valence-electron chi connectivity index (χ3n) is 7.98. The molecule has 3 rings (SSSR count). The van der Waals surface area contributed by atoms with E-state index in [9.17, 15) is 14.5 Å². The van der Waals surface area contributed by atoms with E-state index in [1.165, 1.54) is 6.42 Å². The largest absolute Gasteiger partial charge is 0.481 e. The molecule has 3 fully saturated rings. The molecule has 0 heterocycles. The molecule has 38 heavy (non-hydrogen) atoms. The average Bonchev–Trinajstić information content (AvgIpc) is 2.85. The number of rotatable bonds is 17. The fourth-order valence-electron chi connectivity index (χ4n) is 5.68. The predicted octanol–water partition coefficient (Wildman–Crippen LogP) is -0.297. The molecule has 8 N–H and O–H groups in total. The number of nitrogens with one attached hydrogen (secondary N) is 4. The zero-order chi connectivity index (χ0) is 28.3. The van der Waals surface area contributed by atoms with E-state index in [0.717, 1.165) is 12.8 Å². The first-order valence-corrected chi connectivity index (χ1v) is 14.0. The van der Waals surface area contributed by atoms with Crippen molar-refractivity contribution < 1.29 is 23.9 Å². The molecule has 2 bridgehead atoms. The van der Waals surface area contributed by atoms with E-state index in [1.54, 1.807) is 0 Å². The Hall–Kier alpha value is -2.25. The van der Waals surface area contributed by atoms with Crippen LogP contribution in [-0.2, 0) is 18.9 Å². The minimum atomic E-state index is -0.769. The monoisotopic (exact) mass is 538 g/mol. The van der Waals surface area contributed by atoms with Crippen LogP contribution in [0.3, 0.4) is 0 Å². The maximum absolute atomic E-state index is 13.5. The third-order valence-corrected chi connectivity index (χ3v) is 7.98. The van der Waals surface area contributed by atoms with Gasteiger partial charge in [-0.2, -0.15) is 0 Å². The zero-order valence-corrected chi connectivity index (χ0v) is 23.8. The summed E-state index contributed by atoms with van der Waals surface area (Å²) in [5, 5.41) is 8.42. The number of hydrogen-bond donors (Lipinski definition) is 6. The number of fused-ring (bicyclic) bond motifs is 2. The summed E-state index contributed by atoms with van der Waals surface area (Å²) >= 11 is 0. The lowest BCUT2D eigenvalue weighted by Gasteiger charge is -2.59. The highest BCUT2D eigenvalue weighted by molar-refractivity contribution is 6.47. The highest BCUT2D eigenvalue weighted by atomic mass is 16.6. The van der Waals surface area contributed by atoms with Gasteiger partial charge in [-0.05, 0) is 68.6 Å². The van der Waals surface area contributed by atoms with Crippen molar-refractivity contribution in [1.29, 1.82) is 0 Å². The summed E-state index contributed by atoms with van der Waals surface area (Å²) in [6.45, 7) is 11.8. The highest BCUT2D eigenvalue weighted by Crippen LogP contribution is 2.59. The van der Waals surface area contributed by atoms with Gasteiger partial charge in [0.25, 0.3) is 0 Å². The maximum atomic E-state index is 13.5. The third kappa shape index (κ3) is 9.50. The molecular weight excluding hydrogens is 489 g/mol. The van der Waals surface area contributed by atoms with Gasteiger partial charge in [-0.15, -0.1) is 10.3 Å². The number of carbonyl (C=O) groups is 2. The lowest BCUT2D eigenvalue weighted by atomic mass is 9.48. The molecule has 0 aromatic rings. The first kappa shape index (κ1) is 32.0. The van der Waals surface area contributed by atoms with E-state index < -0.39 is 13.2 Å². The second kappa shape index (κ2) is 15.4. The lowest BCUT2D eigenvalue weighted by Crippen LogP contribution is -2.78. The molecule has 2 amide bonds. The van der Waals surface area contributed by atoms with Crippen molar-refractivity contribution >= 4 is 24.9 Å². The van der Waals surface area contributed by atoms with Crippen LogP contribution >= 0.6 is 0 Å². The number of amides is 2. The van der Waals surface area contributed by atoms with Crippen LogP contribution in [0.2, 0.25) is 0 Å². The Morgan fingerprint density at radius 3 is 2.42 bits per heavy atom. The van der Waals surface area contributed by atoms with Crippen molar-refractivity contribution in [1.82, 2.24) is 16.1 Å². The summed E-state index contributed by atoms with van der Waals surface area (Å²) in [6.07, 6.45) is 5.04. The normalized spacial score (nSPS) is 23.7. The van der Waals surface area contributed by atoms with Crippen molar-refractivity contribution in [2.75, 3.05) is 19.7 Å². The second-order valence-electron chi connectivity index (χ2n) is 11.6. The number of hydrogen-bond acceptors (Lipinski definition) is 7. The molecule has 5 atom stereocenters. The van der Waals surface area contributed by atoms with E-state index in [2.05, 4.69) is 54.0 Å². The summed E-state index contributed by atoms with van der Waals surface area (Å²) < 4.78 is 12.6. The van der Waals surface area contributed by atoms with E-state index in [1.807, 2.05) is 6.92 Å². The number of nitroso groups, excluding NO2 is 1. The van der Waals surface area contributed by atoms with Crippen LogP contribution < -0.4 is 32.5 Å². The van der Waals surface area contributed by atoms with E-state index in [-0.39, 0.29) is 48.7 Å². The van der Waals surface area contributed by atoms with Crippen LogP contribution in [0.4, 0.5) is 0 Å². The fraction of sp³-hybridized carbons (Fsp3) is 0.880. The van der Waals surface area contributed by atoms with Crippen molar-refractivity contribution in [2.45, 2.75) is 97.7 Å². The summed E-state index contributed by atoms with van der Waals surface area (Å²) in [4.78, 5) is 38.8. The highest BCUT2D eigenvalue weighted by Gasteiger charge is 2.53. The van der Waals surface area contributed by atoms with Crippen LogP contribution in [0.25, 0.3) is 0 Å².